The number of carbonyl (C=O) groups is 2. The Hall–Kier alpha value is -2.91. The van der Waals surface area contributed by atoms with Crippen LogP contribution in [0.25, 0.3) is 11.2 Å². The predicted octanol–water partition coefficient (Wildman–Crippen LogP) is 0.776. The van der Waals surface area contributed by atoms with Crippen molar-refractivity contribution >= 4 is 29.0 Å². The van der Waals surface area contributed by atoms with Crippen molar-refractivity contribution < 1.29 is 19.4 Å². The summed E-state index contributed by atoms with van der Waals surface area (Å²) in [5.41, 5.74) is 5.95. The van der Waals surface area contributed by atoms with E-state index in [9.17, 15) is 14.7 Å². The molecule has 1 amide bonds. The number of imidazole rings is 1. The normalized spacial score (nSPS) is 12.8. The van der Waals surface area contributed by atoms with E-state index in [0.717, 1.165) is 0 Å². The van der Waals surface area contributed by atoms with Crippen molar-refractivity contribution in [3.63, 3.8) is 0 Å². The van der Waals surface area contributed by atoms with Crippen molar-refractivity contribution in [2.45, 2.75) is 45.4 Å². The number of hydrogen-bond acceptors (Lipinski definition) is 7. The number of nitrogen functional groups attached to an aromatic ring is 1. The third-order valence-corrected chi connectivity index (χ3v) is 3.08. The van der Waals surface area contributed by atoms with Crippen LogP contribution in [0.15, 0.2) is 12.7 Å². The summed E-state index contributed by atoms with van der Waals surface area (Å²) < 4.78 is 6.72. The minimum absolute atomic E-state index is 0.129. The fourth-order valence-corrected chi connectivity index (χ4v) is 2.04. The van der Waals surface area contributed by atoms with Gasteiger partial charge in [0.05, 0.1) is 6.33 Å². The zero-order valence-electron chi connectivity index (χ0n) is 13.7. The molecule has 10 nitrogen and oxygen atoms in total. The van der Waals surface area contributed by atoms with Crippen LogP contribution in [-0.4, -0.2) is 48.3 Å². The van der Waals surface area contributed by atoms with Crippen LogP contribution in [0.2, 0.25) is 0 Å². The number of ether oxygens (including phenoxy) is 1. The monoisotopic (exact) mass is 336 g/mol. The Morgan fingerprint density at radius 2 is 2.08 bits per heavy atom. The van der Waals surface area contributed by atoms with E-state index in [1.165, 1.54) is 12.7 Å². The number of nitrogens with one attached hydrogen (secondary N) is 1. The first-order chi connectivity index (χ1) is 11.2. The number of alkyl carbamates (subject to hydrolysis) is 1. The fourth-order valence-electron chi connectivity index (χ4n) is 2.04. The van der Waals surface area contributed by atoms with E-state index in [1.807, 2.05) is 0 Å². The Bertz CT molecular complexity index is 751. The van der Waals surface area contributed by atoms with E-state index in [-0.39, 0.29) is 18.8 Å². The van der Waals surface area contributed by atoms with Gasteiger partial charge in [-0.05, 0) is 27.2 Å². The number of amides is 1. The van der Waals surface area contributed by atoms with Gasteiger partial charge >= 0.3 is 12.1 Å². The minimum Gasteiger partial charge on any atom is -0.480 e. The highest BCUT2D eigenvalue weighted by molar-refractivity contribution is 5.81. The molecule has 2 heterocycles. The van der Waals surface area contributed by atoms with E-state index in [2.05, 4.69) is 20.3 Å². The Kier molecular flexibility index (Phi) is 4.86. The molecule has 0 aliphatic rings. The Balaban J connectivity index is 2.04. The molecule has 0 aliphatic heterocycles. The van der Waals surface area contributed by atoms with E-state index in [4.69, 9.17) is 10.5 Å². The highest BCUT2D eigenvalue weighted by atomic mass is 16.6. The minimum atomic E-state index is -1.15. The summed E-state index contributed by atoms with van der Waals surface area (Å²) in [4.78, 5) is 35.1. The van der Waals surface area contributed by atoms with Gasteiger partial charge in [-0.3, -0.25) is 0 Å². The molecule has 130 valence electrons. The molecule has 1 unspecified atom stereocenters. The summed E-state index contributed by atoms with van der Waals surface area (Å²) in [6.45, 7) is 5.37. The second kappa shape index (κ2) is 6.69. The average molecular weight is 336 g/mol. The number of rotatable bonds is 5. The second-order valence-corrected chi connectivity index (χ2v) is 6.19. The lowest BCUT2D eigenvalue weighted by Gasteiger charge is -2.22. The lowest BCUT2D eigenvalue weighted by molar-refractivity contribution is -0.139. The smallest absolute Gasteiger partial charge is 0.408 e. The quantitative estimate of drug-likeness (QED) is 0.726. The molecule has 0 saturated heterocycles. The van der Waals surface area contributed by atoms with Gasteiger partial charge in [0.15, 0.2) is 11.5 Å². The van der Waals surface area contributed by atoms with Gasteiger partial charge in [0, 0.05) is 6.54 Å². The molecule has 0 bridgehead atoms. The lowest BCUT2D eigenvalue weighted by Crippen LogP contribution is -2.43. The zero-order chi connectivity index (χ0) is 17.9. The SMILES string of the molecule is CC(C)(C)OC(=O)NC(CCn1cnc2c(N)ncnc21)C(=O)O. The highest BCUT2D eigenvalue weighted by Crippen LogP contribution is 2.15. The number of carbonyl (C=O) groups excluding carboxylic acids is 1. The van der Waals surface area contributed by atoms with Crippen LogP contribution < -0.4 is 11.1 Å². The largest absolute Gasteiger partial charge is 0.480 e. The number of hydrogen-bond donors (Lipinski definition) is 3. The fraction of sp³-hybridized carbons (Fsp3) is 0.500. The summed E-state index contributed by atoms with van der Waals surface area (Å²) in [5.74, 6) is -0.903. The van der Waals surface area contributed by atoms with E-state index in [0.29, 0.717) is 11.2 Å². The summed E-state index contributed by atoms with van der Waals surface area (Å²) in [6.07, 6.45) is 2.16. The topological polar surface area (TPSA) is 145 Å². The van der Waals surface area contributed by atoms with Gasteiger partial charge < -0.3 is 25.5 Å². The van der Waals surface area contributed by atoms with Crippen LogP contribution in [-0.2, 0) is 16.1 Å². The second-order valence-electron chi connectivity index (χ2n) is 6.19. The van der Waals surface area contributed by atoms with Crippen LogP contribution in [0.4, 0.5) is 10.6 Å². The van der Waals surface area contributed by atoms with Crippen molar-refractivity contribution in [3.05, 3.63) is 12.7 Å². The van der Waals surface area contributed by atoms with Crippen molar-refractivity contribution in [3.8, 4) is 0 Å². The standard InChI is InChI=1S/C14H20N6O4/c1-14(2,3)24-13(23)19-8(12(21)22)4-5-20-7-18-9-10(15)16-6-17-11(9)20/h6-8H,4-5H2,1-3H3,(H,19,23)(H,21,22)(H2,15,16,17). The van der Waals surface area contributed by atoms with Gasteiger partial charge in [-0.15, -0.1) is 0 Å². The number of carboxylic acids is 1. The molecule has 0 spiro atoms. The molecule has 1 atom stereocenters. The molecular weight excluding hydrogens is 316 g/mol. The first kappa shape index (κ1) is 17.4. The van der Waals surface area contributed by atoms with Crippen molar-refractivity contribution in [1.29, 1.82) is 0 Å². The van der Waals surface area contributed by atoms with Gasteiger partial charge in [0.25, 0.3) is 0 Å². The van der Waals surface area contributed by atoms with Gasteiger partial charge in [0.2, 0.25) is 0 Å². The maximum absolute atomic E-state index is 11.7. The van der Waals surface area contributed by atoms with Crippen LogP contribution in [0.1, 0.15) is 27.2 Å². The first-order valence-electron chi connectivity index (χ1n) is 7.31. The third kappa shape index (κ3) is 4.31. The molecule has 0 fully saturated rings. The number of aromatic nitrogens is 4. The number of anilines is 1. The number of aliphatic carboxylic acids is 1. The maximum Gasteiger partial charge on any atom is 0.408 e. The summed E-state index contributed by atoms with van der Waals surface area (Å²) >= 11 is 0. The molecule has 2 aromatic heterocycles. The zero-order valence-corrected chi connectivity index (χ0v) is 13.7. The summed E-state index contributed by atoms with van der Waals surface area (Å²) in [5, 5.41) is 11.6. The molecule has 0 saturated carbocycles. The van der Waals surface area contributed by atoms with E-state index < -0.39 is 23.7 Å². The molecule has 0 aliphatic carbocycles. The lowest BCUT2D eigenvalue weighted by atomic mass is 10.2. The molecule has 0 radical (unpaired) electrons. The van der Waals surface area contributed by atoms with Crippen LogP contribution >= 0.6 is 0 Å². The molecule has 10 heteroatoms. The van der Waals surface area contributed by atoms with Crippen molar-refractivity contribution in [2.24, 2.45) is 0 Å². The number of nitrogens with two attached hydrogens (primary N) is 1. The molecular formula is C14H20N6O4. The number of fused-ring (bicyclic) bond motifs is 1. The van der Waals surface area contributed by atoms with E-state index in [1.54, 1.807) is 25.3 Å². The summed E-state index contributed by atoms with van der Waals surface area (Å²) in [6, 6.07) is -1.10. The average Bonchev–Trinajstić information content (AvgIpc) is 2.86. The number of aryl methyl sites for hydroxylation is 1. The number of nitrogens with zero attached hydrogens (tertiary/aromatic N) is 4. The molecule has 0 aromatic carbocycles. The van der Waals surface area contributed by atoms with Gasteiger partial charge in [-0.1, -0.05) is 0 Å². The maximum atomic E-state index is 11.7. The van der Waals surface area contributed by atoms with Crippen molar-refractivity contribution in [2.75, 3.05) is 5.73 Å². The van der Waals surface area contributed by atoms with Crippen molar-refractivity contribution in [1.82, 2.24) is 24.8 Å². The van der Waals surface area contributed by atoms with Crippen LogP contribution in [0.5, 0.6) is 0 Å². The Labute approximate surface area is 138 Å². The van der Waals surface area contributed by atoms with E-state index >= 15 is 0 Å². The highest BCUT2D eigenvalue weighted by Gasteiger charge is 2.24. The molecule has 2 aromatic rings. The molecule has 4 N–H and O–H groups in total. The van der Waals surface area contributed by atoms with Crippen LogP contribution in [0.3, 0.4) is 0 Å². The number of carboxylic acid groups (broad SMARTS) is 1. The molecule has 24 heavy (non-hydrogen) atoms. The Morgan fingerprint density at radius 3 is 2.71 bits per heavy atom. The van der Waals surface area contributed by atoms with Gasteiger partial charge in [0.1, 0.15) is 23.5 Å². The van der Waals surface area contributed by atoms with Gasteiger partial charge in [-0.2, -0.15) is 0 Å². The third-order valence-electron chi connectivity index (χ3n) is 3.08. The first-order valence-corrected chi connectivity index (χ1v) is 7.31. The van der Waals surface area contributed by atoms with Crippen LogP contribution in [0, 0.1) is 0 Å². The predicted molar refractivity (Wildman–Crippen MR) is 85.1 cm³/mol. The molecule has 2 rings (SSSR count). The Morgan fingerprint density at radius 1 is 1.38 bits per heavy atom. The summed E-state index contributed by atoms with van der Waals surface area (Å²) in [7, 11) is 0. The van der Waals surface area contributed by atoms with Gasteiger partial charge in [-0.25, -0.2) is 24.5 Å².